The summed E-state index contributed by atoms with van der Waals surface area (Å²) in [7, 11) is 1.53. The van der Waals surface area contributed by atoms with E-state index in [2.05, 4.69) is 21.1 Å². The summed E-state index contributed by atoms with van der Waals surface area (Å²) in [6.45, 7) is 0. The van der Waals surface area contributed by atoms with Gasteiger partial charge in [0, 0.05) is 16.1 Å². The number of rotatable bonds is 3. The second-order valence-corrected chi connectivity index (χ2v) is 4.14. The van der Waals surface area contributed by atoms with Gasteiger partial charge >= 0.3 is 5.97 Å². The molecular weight excluding hydrogens is 290 g/mol. The quantitative estimate of drug-likeness (QED) is 0.943. The molecule has 1 N–H and O–H groups in total. The number of methoxy groups -OCH3 is 1. The third kappa shape index (κ3) is 2.31. The van der Waals surface area contributed by atoms with E-state index in [-0.39, 0.29) is 5.76 Å². The normalized spacial score (nSPS) is 10.2. The van der Waals surface area contributed by atoms with Crippen molar-refractivity contribution in [3.05, 3.63) is 34.5 Å². The molecule has 2 rings (SSSR count). The van der Waals surface area contributed by atoms with E-state index in [4.69, 9.17) is 14.4 Å². The minimum Gasteiger partial charge on any atom is -0.496 e. The molecule has 0 bridgehead atoms. The Hall–Kier alpha value is -1.82. The molecule has 6 heteroatoms. The molecule has 0 spiro atoms. The molecule has 17 heavy (non-hydrogen) atoms. The Morgan fingerprint density at radius 3 is 2.82 bits per heavy atom. The lowest BCUT2D eigenvalue weighted by atomic mass is 10.1. The van der Waals surface area contributed by atoms with Crippen LogP contribution in [0.3, 0.4) is 0 Å². The zero-order chi connectivity index (χ0) is 12.4. The third-order valence-corrected chi connectivity index (χ3v) is 2.65. The highest BCUT2D eigenvalue weighted by Crippen LogP contribution is 2.32. The SMILES string of the molecule is COc1cc(Br)ccc1-c1cc(C(=O)O)on1. The van der Waals surface area contributed by atoms with Gasteiger partial charge in [0.1, 0.15) is 11.4 Å². The van der Waals surface area contributed by atoms with Gasteiger partial charge in [-0.3, -0.25) is 0 Å². The minimum atomic E-state index is -1.15. The van der Waals surface area contributed by atoms with Gasteiger partial charge in [-0.25, -0.2) is 4.79 Å². The molecule has 1 aromatic carbocycles. The molecule has 88 valence electrons. The van der Waals surface area contributed by atoms with E-state index in [0.29, 0.717) is 17.0 Å². The van der Waals surface area contributed by atoms with Gasteiger partial charge in [0.05, 0.1) is 7.11 Å². The summed E-state index contributed by atoms with van der Waals surface area (Å²) in [4.78, 5) is 10.7. The molecule has 2 aromatic rings. The number of aromatic nitrogens is 1. The Morgan fingerprint density at radius 2 is 2.24 bits per heavy atom. The van der Waals surface area contributed by atoms with Crippen molar-refractivity contribution in [2.75, 3.05) is 7.11 Å². The van der Waals surface area contributed by atoms with Crippen molar-refractivity contribution < 1.29 is 19.2 Å². The van der Waals surface area contributed by atoms with Crippen LogP contribution < -0.4 is 4.74 Å². The predicted octanol–water partition coefficient (Wildman–Crippen LogP) is 2.81. The van der Waals surface area contributed by atoms with Crippen LogP contribution >= 0.6 is 15.9 Å². The molecule has 0 saturated carbocycles. The Labute approximate surface area is 105 Å². The van der Waals surface area contributed by atoms with Crippen LogP contribution in [0.1, 0.15) is 10.6 Å². The van der Waals surface area contributed by atoms with Crippen molar-refractivity contribution in [3.63, 3.8) is 0 Å². The highest BCUT2D eigenvalue weighted by molar-refractivity contribution is 9.10. The van der Waals surface area contributed by atoms with E-state index in [0.717, 1.165) is 4.47 Å². The van der Waals surface area contributed by atoms with Crippen molar-refractivity contribution in [1.82, 2.24) is 5.16 Å². The van der Waals surface area contributed by atoms with Gasteiger partial charge in [-0.15, -0.1) is 0 Å². The fourth-order valence-electron chi connectivity index (χ4n) is 1.38. The first-order valence-corrected chi connectivity index (χ1v) is 5.45. The number of nitrogens with zero attached hydrogens (tertiary/aromatic N) is 1. The summed E-state index contributed by atoms with van der Waals surface area (Å²) in [5.41, 5.74) is 1.10. The molecule has 5 nitrogen and oxygen atoms in total. The van der Waals surface area contributed by atoms with Crippen LogP contribution in [0.4, 0.5) is 0 Å². The topological polar surface area (TPSA) is 72.6 Å². The van der Waals surface area contributed by atoms with Crippen LogP contribution in [0, 0.1) is 0 Å². The van der Waals surface area contributed by atoms with Crippen LogP contribution in [0.5, 0.6) is 5.75 Å². The molecule has 1 aromatic heterocycles. The van der Waals surface area contributed by atoms with E-state index < -0.39 is 5.97 Å². The lowest BCUT2D eigenvalue weighted by Gasteiger charge is -2.05. The lowest BCUT2D eigenvalue weighted by molar-refractivity contribution is 0.0652. The van der Waals surface area contributed by atoms with Gasteiger partial charge in [0.25, 0.3) is 0 Å². The second-order valence-electron chi connectivity index (χ2n) is 3.23. The summed E-state index contributed by atoms with van der Waals surface area (Å²) in [5, 5.41) is 12.4. The summed E-state index contributed by atoms with van der Waals surface area (Å²) < 4.78 is 10.7. The second kappa shape index (κ2) is 4.58. The molecule has 0 aliphatic rings. The van der Waals surface area contributed by atoms with Gasteiger partial charge in [-0.05, 0) is 18.2 Å². The molecule has 0 radical (unpaired) electrons. The first-order valence-electron chi connectivity index (χ1n) is 4.65. The zero-order valence-electron chi connectivity index (χ0n) is 8.81. The van der Waals surface area contributed by atoms with Gasteiger partial charge in [0.15, 0.2) is 0 Å². The van der Waals surface area contributed by atoms with Crippen LogP contribution in [0.2, 0.25) is 0 Å². The van der Waals surface area contributed by atoms with Crippen LogP contribution in [0.15, 0.2) is 33.3 Å². The number of carboxylic acids is 1. The van der Waals surface area contributed by atoms with Crippen LogP contribution in [0.25, 0.3) is 11.3 Å². The Kier molecular flexibility index (Phi) is 3.14. The van der Waals surface area contributed by atoms with Gasteiger partial charge < -0.3 is 14.4 Å². The van der Waals surface area contributed by atoms with Crippen molar-refractivity contribution in [1.29, 1.82) is 0 Å². The van der Waals surface area contributed by atoms with Crippen molar-refractivity contribution in [2.24, 2.45) is 0 Å². The van der Waals surface area contributed by atoms with E-state index in [1.807, 2.05) is 6.07 Å². The number of hydrogen-bond donors (Lipinski definition) is 1. The Balaban J connectivity index is 2.48. The van der Waals surface area contributed by atoms with Gasteiger partial charge in [0.2, 0.25) is 5.76 Å². The van der Waals surface area contributed by atoms with Gasteiger partial charge in [-0.1, -0.05) is 21.1 Å². The summed E-state index contributed by atoms with van der Waals surface area (Å²) in [6.07, 6.45) is 0. The van der Waals surface area contributed by atoms with E-state index in [9.17, 15) is 4.79 Å². The summed E-state index contributed by atoms with van der Waals surface area (Å²) in [5.74, 6) is -0.769. The molecule has 1 heterocycles. The largest absolute Gasteiger partial charge is 0.496 e. The molecule has 0 fully saturated rings. The number of carboxylic acid groups (broad SMARTS) is 1. The number of carbonyl (C=O) groups is 1. The minimum absolute atomic E-state index is 0.204. The molecule has 0 amide bonds. The fraction of sp³-hybridized carbons (Fsp3) is 0.0909. The maximum atomic E-state index is 10.7. The standard InChI is InChI=1S/C11H8BrNO4/c1-16-9-4-6(12)2-3-7(9)8-5-10(11(14)15)17-13-8/h2-5H,1H3,(H,14,15). The molecule has 0 atom stereocenters. The van der Waals surface area contributed by atoms with Gasteiger partial charge in [-0.2, -0.15) is 0 Å². The Bertz CT molecular complexity index is 564. The average Bonchev–Trinajstić information content (AvgIpc) is 2.78. The number of ether oxygens (including phenoxy) is 1. The van der Waals surface area contributed by atoms with Crippen molar-refractivity contribution in [3.8, 4) is 17.0 Å². The molecule has 0 aliphatic carbocycles. The maximum Gasteiger partial charge on any atom is 0.374 e. The fourth-order valence-corrected chi connectivity index (χ4v) is 1.72. The Morgan fingerprint density at radius 1 is 1.47 bits per heavy atom. The van der Waals surface area contributed by atoms with E-state index >= 15 is 0 Å². The summed E-state index contributed by atoms with van der Waals surface area (Å²) >= 11 is 3.32. The van der Waals surface area contributed by atoms with E-state index in [1.54, 1.807) is 12.1 Å². The number of halogens is 1. The van der Waals surface area contributed by atoms with E-state index in [1.165, 1.54) is 13.2 Å². The van der Waals surface area contributed by atoms with Crippen LogP contribution in [-0.4, -0.2) is 23.3 Å². The monoisotopic (exact) mass is 297 g/mol. The molecule has 0 unspecified atom stereocenters. The highest BCUT2D eigenvalue weighted by atomic mass is 79.9. The number of benzene rings is 1. The first-order chi connectivity index (χ1) is 8.11. The zero-order valence-corrected chi connectivity index (χ0v) is 10.4. The molecule has 0 saturated heterocycles. The van der Waals surface area contributed by atoms with Crippen molar-refractivity contribution in [2.45, 2.75) is 0 Å². The van der Waals surface area contributed by atoms with Crippen LogP contribution in [-0.2, 0) is 0 Å². The maximum absolute atomic E-state index is 10.7. The molecule has 0 aliphatic heterocycles. The predicted molar refractivity (Wildman–Crippen MR) is 63.2 cm³/mol. The lowest BCUT2D eigenvalue weighted by Crippen LogP contribution is -1.91. The first kappa shape index (κ1) is 11.7. The molecular formula is C11H8BrNO4. The number of hydrogen-bond acceptors (Lipinski definition) is 4. The highest BCUT2D eigenvalue weighted by Gasteiger charge is 2.15. The summed E-state index contributed by atoms with van der Waals surface area (Å²) in [6, 6.07) is 6.71. The average molecular weight is 298 g/mol. The number of aromatic carboxylic acids is 1. The third-order valence-electron chi connectivity index (χ3n) is 2.16. The van der Waals surface area contributed by atoms with Crippen molar-refractivity contribution >= 4 is 21.9 Å². The smallest absolute Gasteiger partial charge is 0.374 e.